The summed E-state index contributed by atoms with van der Waals surface area (Å²) in [6.07, 6.45) is 3.47. The minimum atomic E-state index is -0.379. The van der Waals surface area contributed by atoms with Crippen molar-refractivity contribution in [2.24, 2.45) is 4.90 Å². The van der Waals surface area contributed by atoms with Crippen molar-refractivity contribution in [3.63, 3.8) is 0 Å². The number of hydrogen-bond acceptors (Lipinski definition) is 4. The molecule has 142 valence electrons. The van der Waals surface area contributed by atoms with Crippen LogP contribution in [0.3, 0.4) is 0 Å². The summed E-state index contributed by atoms with van der Waals surface area (Å²) in [5.74, 6) is 0.0539. The molecule has 12 heteroatoms. The number of hydrogen-bond donors (Lipinski definition) is 1. The minimum absolute atomic E-state index is 0.0539. The van der Waals surface area contributed by atoms with Gasteiger partial charge in [0.25, 0.3) is 0 Å². The zero-order valence-electron chi connectivity index (χ0n) is 17.3. The van der Waals surface area contributed by atoms with Crippen LogP contribution in [-0.4, -0.2) is 79.3 Å². The summed E-state index contributed by atoms with van der Waals surface area (Å²) in [6.45, 7) is 2.36. The third-order valence-electron chi connectivity index (χ3n) is 5.40. The molecule has 1 aromatic rings. The van der Waals surface area contributed by atoms with Gasteiger partial charge in [0.2, 0.25) is 0 Å². The molecule has 6 nitrogen and oxygen atoms in total. The summed E-state index contributed by atoms with van der Waals surface area (Å²) < 4.78 is 5.29. The second kappa shape index (κ2) is 11.9. The van der Waals surface area contributed by atoms with Crippen molar-refractivity contribution >= 4 is 55.9 Å². The van der Waals surface area contributed by atoms with E-state index in [1.54, 1.807) is 0 Å². The summed E-state index contributed by atoms with van der Waals surface area (Å²) in [5, 5.41) is 2.94. The molecule has 0 aromatic heterocycles. The Labute approximate surface area is 172 Å². The Morgan fingerprint density at radius 1 is 1.29 bits per heavy atom. The van der Waals surface area contributed by atoms with Gasteiger partial charge in [-0.25, -0.2) is 0 Å². The fourth-order valence-electron chi connectivity index (χ4n) is 3.27. The molecule has 1 saturated carbocycles. The number of ether oxygens (including phenoxy) is 1. The van der Waals surface area contributed by atoms with Crippen molar-refractivity contribution in [3.8, 4) is 0 Å². The van der Waals surface area contributed by atoms with E-state index in [4.69, 9.17) is 4.74 Å². The van der Waals surface area contributed by atoms with Gasteiger partial charge in [0.1, 0.15) is 0 Å². The van der Waals surface area contributed by atoms with E-state index in [2.05, 4.69) is 25.7 Å². The monoisotopic (exact) mass is 375 g/mol. The molecule has 1 aliphatic rings. The first kappa shape index (κ1) is 22.4. The Kier molecular flexibility index (Phi) is 9.51. The fraction of sp³-hybridized carbons (Fsp3) is 0.500. The van der Waals surface area contributed by atoms with Crippen LogP contribution in [-0.2, 0) is 16.1 Å². The first-order valence-corrected chi connectivity index (χ1v) is 10.2. The van der Waals surface area contributed by atoms with Gasteiger partial charge in [0, 0.05) is 0 Å². The van der Waals surface area contributed by atoms with Crippen LogP contribution in [0.5, 0.6) is 0 Å². The molecule has 2 amide bonds. The van der Waals surface area contributed by atoms with Crippen LogP contribution in [0.2, 0.25) is 0 Å². The molecule has 28 heavy (non-hydrogen) atoms. The van der Waals surface area contributed by atoms with Crippen LogP contribution in [0.15, 0.2) is 35.2 Å². The molecule has 1 aromatic carbocycles. The van der Waals surface area contributed by atoms with Crippen molar-refractivity contribution in [3.05, 3.63) is 35.9 Å². The summed E-state index contributed by atoms with van der Waals surface area (Å²) >= 11 is 0. The number of benzene rings is 1. The molecule has 0 aliphatic heterocycles. The molecule has 1 N–H and O–H groups in total. The van der Waals surface area contributed by atoms with Gasteiger partial charge >= 0.3 is 136 Å². The summed E-state index contributed by atoms with van der Waals surface area (Å²) in [4.78, 5) is 30.4. The molecule has 1 aliphatic carbocycles. The van der Waals surface area contributed by atoms with E-state index < -0.39 is 0 Å². The molecule has 0 unspecified atom stereocenters. The van der Waals surface area contributed by atoms with Crippen LogP contribution in [0.25, 0.3) is 0 Å². The topological polar surface area (TPSA) is 71.0 Å². The van der Waals surface area contributed by atoms with E-state index in [1.165, 1.54) is 0 Å². The molecule has 0 radical (unpaired) electrons. The summed E-state index contributed by atoms with van der Waals surface area (Å²) in [5.41, 5.74) is 0.970. The number of nitrogens with one attached hydrogen (secondary N) is 1. The van der Waals surface area contributed by atoms with Crippen LogP contribution in [0.1, 0.15) is 31.2 Å². The second-order valence-corrected chi connectivity index (χ2v) is 7.59. The Bertz CT molecular complexity index is 658. The summed E-state index contributed by atoms with van der Waals surface area (Å²) in [6, 6.07) is 9.95. The average molecular weight is 374 g/mol. The number of carbonyl (C=O) groups excluding carboxylic acids is 2. The van der Waals surface area contributed by atoms with Gasteiger partial charge in [-0.05, 0) is 5.56 Å². The molecule has 0 bridgehead atoms. The Morgan fingerprint density at radius 3 is 2.61 bits per heavy atom. The van der Waals surface area contributed by atoms with Crippen molar-refractivity contribution in [2.45, 2.75) is 44.4 Å². The van der Waals surface area contributed by atoms with Crippen LogP contribution >= 0.6 is 0 Å². The maximum absolute atomic E-state index is 12.3. The Morgan fingerprint density at radius 2 is 1.96 bits per heavy atom. The molecule has 2 rings (SSSR count). The van der Waals surface area contributed by atoms with E-state index in [0.29, 0.717) is 6.39 Å². The predicted molar refractivity (Wildman–Crippen MR) is 124 cm³/mol. The van der Waals surface area contributed by atoms with Crippen molar-refractivity contribution in [1.82, 2.24) is 10.1 Å². The first-order valence-electron chi connectivity index (χ1n) is 10.2. The number of nitrogens with zero attached hydrogens (tertiary/aromatic N) is 2. The van der Waals surface area contributed by atoms with Crippen molar-refractivity contribution < 1.29 is 14.3 Å². The fourth-order valence-corrected chi connectivity index (χ4v) is 3.27. The summed E-state index contributed by atoms with van der Waals surface area (Å²) in [7, 11) is 7.08. The third-order valence-corrected chi connectivity index (χ3v) is 5.40. The molecule has 0 heterocycles. The number of alkyl carbamates (subject to hydrolysis) is 1. The van der Waals surface area contributed by atoms with Crippen molar-refractivity contribution in [2.75, 3.05) is 6.54 Å². The van der Waals surface area contributed by atoms with Gasteiger partial charge < -0.3 is 0 Å². The Hall–Kier alpha value is -1.85. The number of carbonyl (C=O) groups is 2. The molecular weight excluding hydrogens is 347 g/mol. The van der Waals surface area contributed by atoms with Gasteiger partial charge in [-0.2, -0.15) is 0 Å². The maximum atomic E-state index is 12.3. The van der Waals surface area contributed by atoms with E-state index in [-0.39, 0.29) is 37.2 Å². The number of amides is 2. The molecule has 0 spiro atoms. The average Bonchev–Trinajstić information content (AvgIpc) is 2.72. The third kappa shape index (κ3) is 7.64. The van der Waals surface area contributed by atoms with Gasteiger partial charge in [0.05, 0.1) is 0 Å². The number of rotatable bonds is 8. The van der Waals surface area contributed by atoms with E-state index >= 15 is 0 Å². The SMILES string of the molecule is BBB(B)/B=N\CC(=O)N(B)C1CCC(NC(=O)OCc2ccccc2)CC1. The van der Waals surface area contributed by atoms with E-state index in [1.807, 2.05) is 50.1 Å². The molecule has 0 atom stereocenters. The predicted octanol–water partition coefficient (Wildman–Crippen LogP) is -1.91. The van der Waals surface area contributed by atoms with Crippen LogP contribution < -0.4 is 5.32 Å². The van der Waals surface area contributed by atoms with E-state index in [0.717, 1.165) is 38.3 Å². The normalized spacial score (nSPS) is 18.7. The van der Waals surface area contributed by atoms with Gasteiger partial charge in [-0.15, -0.1) is 0 Å². The van der Waals surface area contributed by atoms with Crippen LogP contribution in [0.4, 0.5) is 4.79 Å². The molecular formula is C16H27B6N3O3. The standard InChI is InChI=1S/C16H27B6N3O3/c17-20-22(18)21-23-10-15(26)25(19)14-8-6-13(7-9-14)24-16(27)28-11-12-4-2-1-3-5-12/h1-5,13-14,20H,6-11,17-19H2,(H,24,27). The van der Waals surface area contributed by atoms with Gasteiger partial charge in [-0.3, -0.25) is 0 Å². The van der Waals surface area contributed by atoms with Crippen molar-refractivity contribution in [1.29, 1.82) is 0 Å². The van der Waals surface area contributed by atoms with E-state index in [9.17, 15) is 9.59 Å². The Balaban J connectivity index is 1.67. The van der Waals surface area contributed by atoms with Crippen LogP contribution in [0, 0.1) is 0 Å². The molecule has 1 fully saturated rings. The van der Waals surface area contributed by atoms with Gasteiger partial charge in [0.15, 0.2) is 0 Å². The second-order valence-electron chi connectivity index (χ2n) is 7.59. The zero-order chi connectivity index (χ0) is 20.4. The zero-order valence-corrected chi connectivity index (χ0v) is 17.3. The first-order chi connectivity index (χ1) is 13.5. The molecule has 0 saturated heterocycles. The quantitative estimate of drug-likeness (QED) is 0.540. The van der Waals surface area contributed by atoms with Gasteiger partial charge in [-0.1, -0.05) is 30.3 Å².